The molecule has 1 aromatic rings. The molecule has 0 spiro atoms. The SMILES string of the molecule is NCc1cc(CC(=O)O)sc1Cl. The molecule has 1 heterocycles. The number of aliphatic carboxylic acids is 1. The second-order valence-electron chi connectivity index (χ2n) is 2.29. The number of carboxylic acid groups (broad SMARTS) is 1. The third kappa shape index (κ3) is 2.20. The molecular formula is C7H8ClNO2S. The molecule has 0 atom stereocenters. The van der Waals surface area contributed by atoms with Crippen molar-refractivity contribution in [2.24, 2.45) is 5.73 Å². The highest BCUT2D eigenvalue weighted by atomic mass is 35.5. The van der Waals surface area contributed by atoms with Gasteiger partial charge in [0.05, 0.1) is 10.8 Å². The van der Waals surface area contributed by atoms with Crippen LogP contribution in [-0.4, -0.2) is 11.1 Å². The van der Waals surface area contributed by atoms with Crippen LogP contribution in [0.5, 0.6) is 0 Å². The number of carbonyl (C=O) groups is 1. The Morgan fingerprint density at radius 1 is 1.75 bits per heavy atom. The van der Waals surface area contributed by atoms with Crippen LogP contribution in [0.2, 0.25) is 4.34 Å². The maximum Gasteiger partial charge on any atom is 0.308 e. The molecule has 5 heteroatoms. The first-order chi connectivity index (χ1) is 5.63. The van der Waals surface area contributed by atoms with E-state index in [0.717, 1.165) is 10.4 Å². The summed E-state index contributed by atoms with van der Waals surface area (Å²) in [6, 6.07) is 1.74. The van der Waals surface area contributed by atoms with Gasteiger partial charge in [0.15, 0.2) is 0 Å². The van der Waals surface area contributed by atoms with Crippen molar-refractivity contribution in [2.45, 2.75) is 13.0 Å². The lowest BCUT2D eigenvalue weighted by atomic mass is 10.3. The van der Waals surface area contributed by atoms with Crippen molar-refractivity contribution in [3.8, 4) is 0 Å². The number of rotatable bonds is 3. The summed E-state index contributed by atoms with van der Waals surface area (Å²) in [5, 5.41) is 8.47. The Balaban J connectivity index is 2.82. The van der Waals surface area contributed by atoms with E-state index in [1.807, 2.05) is 0 Å². The number of carboxylic acids is 1. The van der Waals surface area contributed by atoms with E-state index in [4.69, 9.17) is 22.4 Å². The van der Waals surface area contributed by atoms with Gasteiger partial charge in [-0.25, -0.2) is 0 Å². The number of halogens is 1. The van der Waals surface area contributed by atoms with Crippen LogP contribution in [-0.2, 0) is 17.8 Å². The molecule has 3 N–H and O–H groups in total. The molecule has 0 fully saturated rings. The summed E-state index contributed by atoms with van der Waals surface area (Å²) in [5.41, 5.74) is 6.19. The lowest BCUT2D eigenvalue weighted by molar-refractivity contribution is -0.136. The van der Waals surface area contributed by atoms with Crippen LogP contribution < -0.4 is 5.73 Å². The van der Waals surface area contributed by atoms with Crippen LogP contribution in [0.1, 0.15) is 10.4 Å². The summed E-state index contributed by atoms with van der Waals surface area (Å²) < 4.78 is 0.591. The normalized spacial score (nSPS) is 10.2. The molecule has 0 amide bonds. The molecule has 0 aromatic carbocycles. The van der Waals surface area contributed by atoms with Gasteiger partial charge in [-0.3, -0.25) is 4.79 Å². The van der Waals surface area contributed by atoms with E-state index in [1.54, 1.807) is 6.07 Å². The van der Waals surface area contributed by atoms with Crippen molar-refractivity contribution in [3.63, 3.8) is 0 Å². The Morgan fingerprint density at radius 3 is 2.83 bits per heavy atom. The molecule has 0 aliphatic heterocycles. The largest absolute Gasteiger partial charge is 0.481 e. The minimum absolute atomic E-state index is 0.0182. The Hall–Kier alpha value is -0.580. The molecule has 0 bridgehead atoms. The van der Waals surface area contributed by atoms with Crippen LogP contribution >= 0.6 is 22.9 Å². The Kier molecular flexibility index (Phi) is 3.08. The zero-order valence-corrected chi connectivity index (χ0v) is 7.78. The maximum absolute atomic E-state index is 10.3. The summed E-state index contributed by atoms with van der Waals surface area (Å²) in [6.07, 6.45) is 0.0182. The number of thiophene rings is 1. The van der Waals surface area contributed by atoms with Gasteiger partial charge in [-0.15, -0.1) is 11.3 Å². The number of nitrogens with two attached hydrogens (primary N) is 1. The Morgan fingerprint density at radius 2 is 2.42 bits per heavy atom. The van der Waals surface area contributed by atoms with E-state index >= 15 is 0 Å². The third-order valence-electron chi connectivity index (χ3n) is 1.35. The third-order valence-corrected chi connectivity index (χ3v) is 2.79. The zero-order valence-electron chi connectivity index (χ0n) is 6.21. The van der Waals surface area contributed by atoms with Crippen LogP contribution in [0.15, 0.2) is 6.07 Å². The summed E-state index contributed by atoms with van der Waals surface area (Å²) in [4.78, 5) is 11.1. The van der Waals surface area contributed by atoms with Crippen molar-refractivity contribution in [1.82, 2.24) is 0 Å². The van der Waals surface area contributed by atoms with E-state index in [9.17, 15) is 4.79 Å². The van der Waals surface area contributed by atoms with E-state index in [0.29, 0.717) is 10.9 Å². The first kappa shape index (κ1) is 9.51. The van der Waals surface area contributed by atoms with Crippen LogP contribution in [0.3, 0.4) is 0 Å². The molecule has 66 valence electrons. The molecule has 0 aliphatic carbocycles. The molecule has 1 aromatic heterocycles. The fourth-order valence-corrected chi connectivity index (χ4v) is 2.17. The summed E-state index contributed by atoms with van der Waals surface area (Å²) in [7, 11) is 0. The van der Waals surface area contributed by atoms with Crippen LogP contribution in [0, 0.1) is 0 Å². The highest BCUT2D eigenvalue weighted by Gasteiger charge is 2.08. The van der Waals surface area contributed by atoms with Gasteiger partial charge < -0.3 is 10.8 Å². The van der Waals surface area contributed by atoms with Crippen molar-refractivity contribution >= 4 is 28.9 Å². The molecule has 0 radical (unpaired) electrons. The minimum atomic E-state index is -0.850. The Bertz CT molecular complexity index is 298. The summed E-state index contributed by atoms with van der Waals surface area (Å²) in [5.74, 6) is -0.850. The Labute approximate surface area is 78.8 Å². The second-order valence-corrected chi connectivity index (χ2v) is 4.03. The molecule has 0 unspecified atom stereocenters. The topological polar surface area (TPSA) is 63.3 Å². The van der Waals surface area contributed by atoms with Crippen molar-refractivity contribution in [3.05, 3.63) is 20.8 Å². The van der Waals surface area contributed by atoms with Gasteiger partial charge >= 0.3 is 5.97 Å². The average Bonchev–Trinajstić information content (AvgIpc) is 2.29. The van der Waals surface area contributed by atoms with Gasteiger partial charge in [-0.1, -0.05) is 11.6 Å². The molecule has 1 rings (SSSR count). The van der Waals surface area contributed by atoms with Gasteiger partial charge in [-0.2, -0.15) is 0 Å². The molecular weight excluding hydrogens is 198 g/mol. The minimum Gasteiger partial charge on any atom is -0.481 e. The molecule has 0 saturated carbocycles. The monoisotopic (exact) mass is 205 g/mol. The van der Waals surface area contributed by atoms with Crippen LogP contribution in [0.4, 0.5) is 0 Å². The van der Waals surface area contributed by atoms with Gasteiger partial charge in [0.2, 0.25) is 0 Å². The predicted molar refractivity (Wildman–Crippen MR) is 48.6 cm³/mol. The first-order valence-corrected chi connectivity index (χ1v) is 4.52. The summed E-state index contributed by atoms with van der Waals surface area (Å²) >= 11 is 7.05. The lowest BCUT2D eigenvalue weighted by Gasteiger charge is -1.87. The zero-order chi connectivity index (χ0) is 9.14. The van der Waals surface area contributed by atoms with E-state index in [-0.39, 0.29) is 6.42 Å². The van der Waals surface area contributed by atoms with Crippen molar-refractivity contribution in [1.29, 1.82) is 0 Å². The van der Waals surface area contributed by atoms with Gasteiger partial charge in [0.1, 0.15) is 0 Å². The number of hydrogen-bond donors (Lipinski definition) is 2. The molecule has 0 saturated heterocycles. The second kappa shape index (κ2) is 3.89. The molecule has 0 aliphatic rings. The van der Waals surface area contributed by atoms with E-state index < -0.39 is 5.97 Å². The lowest BCUT2D eigenvalue weighted by Crippen LogP contribution is -1.98. The standard InChI is InChI=1S/C7H8ClNO2S/c8-7-4(3-9)1-5(12-7)2-6(10)11/h1H,2-3,9H2,(H,10,11). The first-order valence-electron chi connectivity index (χ1n) is 3.32. The van der Waals surface area contributed by atoms with Gasteiger partial charge in [0.25, 0.3) is 0 Å². The molecule has 3 nitrogen and oxygen atoms in total. The summed E-state index contributed by atoms with van der Waals surface area (Å²) in [6.45, 7) is 0.356. The fourth-order valence-electron chi connectivity index (χ4n) is 0.837. The van der Waals surface area contributed by atoms with Crippen LogP contribution in [0.25, 0.3) is 0 Å². The predicted octanol–water partition coefficient (Wildman–Crippen LogP) is 1.49. The number of hydrogen-bond acceptors (Lipinski definition) is 3. The fraction of sp³-hybridized carbons (Fsp3) is 0.286. The quantitative estimate of drug-likeness (QED) is 0.786. The van der Waals surface area contributed by atoms with Crippen molar-refractivity contribution in [2.75, 3.05) is 0 Å². The smallest absolute Gasteiger partial charge is 0.308 e. The average molecular weight is 206 g/mol. The van der Waals surface area contributed by atoms with Gasteiger partial charge in [-0.05, 0) is 11.6 Å². The highest BCUT2D eigenvalue weighted by molar-refractivity contribution is 7.16. The highest BCUT2D eigenvalue weighted by Crippen LogP contribution is 2.27. The van der Waals surface area contributed by atoms with E-state index in [1.165, 1.54) is 11.3 Å². The molecule has 12 heavy (non-hydrogen) atoms. The van der Waals surface area contributed by atoms with E-state index in [2.05, 4.69) is 0 Å². The van der Waals surface area contributed by atoms with Gasteiger partial charge in [0, 0.05) is 11.4 Å². The van der Waals surface area contributed by atoms with Crippen molar-refractivity contribution < 1.29 is 9.90 Å². The maximum atomic E-state index is 10.3.